The van der Waals surface area contributed by atoms with Gasteiger partial charge in [0.2, 0.25) is 0 Å². The summed E-state index contributed by atoms with van der Waals surface area (Å²) in [5.41, 5.74) is 0. The van der Waals surface area contributed by atoms with E-state index in [1.807, 2.05) is 0 Å². The molecule has 0 fully saturated rings. The molecule has 0 saturated carbocycles. The van der Waals surface area contributed by atoms with Crippen molar-refractivity contribution >= 4 is 0 Å². The lowest BCUT2D eigenvalue weighted by Gasteiger charge is -2.30. The summed E-state index contributed by atoms with van der Waals surface area (Å²) in [6.07, 6.45) is 28.1. The molecule has 6 nitrogen and oxygen atoms in total. The van der Waals surface area contributed by atoms with Gasteiger partial charge in [-0.05, 0) is 12.8 Å². The number of unbranched alkanes of at least 4 members (excludes halogenated alkanes) is 22. The van der Waals surface area contributed by atoms with Crippen LogP contribution in [0.4, 0.5) is 0 Å². The summed E-state index contributed by atoms with van der Waals surface area (Å²) in [6, 6.07) is 0. The number of hydrogen-bond donors (Lipinski definition) is 2. The zero-order valence-electron chi connectivity index (χ0n) is 28.6. The lowest BCUT2D eigenvalue weighted by molar-refractivity contribution is -0.150. The minimum absolute atomic E-state index is 0.253. The van der Waals surface area contributed by atoms with Crippen LogP contribution < -0.4 is 0 Å². The van der Waals surface area contributed by atoms with Gasteiger partial charge in [-0.25, -0.2) is 0 Å². The van der Waals surface area contributed by atoms with E-state index in [-0.39, 0.29) is 13.2 Å². The van der Waals surface area contributed by atoms with E-state index in [4.69, 9.17) is 18.9 Å². The smallest absolute Gasteiger partial charge is 0.111 e. The fourth-order valence-electron chi connectivity index (χ4n) is 5.54. The van der Waals surface area contributed by atoms with Crippen molar-refractivity contribution in [2.75, 3.05) is 40.6 Å². The van der Waals surface area contributed by atoms with Crippen molar-refractivity contribution in [3.05, 3.63) is 0 Å². The highest BCUT2D eigenvalue weighted by Gasteiger charge is 2.33. The third kappa shape index (κ3) is 26.2. The summed E-state index contributed by atoms with van der Waals surface area (Å²) >= 11 is 0. The summed E-state index contributed by atoms with van der Waals surface area (Å²) in [5.74, 6) is 0. The maximum Gasteiger partial charge on any atom is 0.111 e. The van der Waals surface area contributed by atoms with Crippen LogP contribution in [0.3, 0.4) is 0 Å². The van der Waals surface area contributed by atoms with Gasteiger partial charge in [-0.1, -0.05) is 155 Å². The predicted octanol–water partition coefficient (Wildman–Crippen LogP) is 9.17. The molecule has 0 saturated heterocycles. The number of rotatable bonds is 35. The fourth-order valence-corrected chi connectivity index (χ4v) is 5.54. The molecule has 0 amide bonds. The maximum absolute atomic E-state index is 10.7. The Morgan fingerprint density at radius 1 is 0.381 bits per heavy atom. The summed E-state index contributed by atoms with van der Waals surface area (Å²) in [5, 5.41) is 21.4. The van der Waals surface area contributed by atoms with Crippen LogP contribution in [0.25, 0.3) is 0 Å². The summed E-state index contributed by atoms with van der Waals surface area (Å²) in [4.78, 5) is 0. The van der Waals surface area contributed by atoms with E-state index in [0.29, 0.717) is 13.2 Å². The molecular weight excluding hydrogens is 528 g/mol. The van der Waals surface area contributed by atoms with Gasteiger partial charge in [0.15, 0.2) is 0 Å². The van der Waals surface area contributed by atoms with Gasteiger partial charge >= 0.3 is 0 Å². The highest BCUT2D eigenvalue weighted by atomic mass is 16.5. The van der Waals surface area contributed by atoms with Crippen LogP contribution in [0.1, 0.15) is 168 Å². The molecule has 0 spiro atoms. The minimum atomic E-state index is -1.10. The second-order valence-corrected chi connectivity index (χ2v) is 12.5. The molecule has 0 unspecified atom stereocenters. The minimum Gasteiger partial charge on any atom is -0.388 e. The standard InChI is InChI=1S/C36H74O6/c1-5-7-9-11-13-15-17-19-21-23-25-27-29-41-31-33(39-3)35(37)36(38)34(40-4)32-42-30-28-26-24-22-20-18-16-14-12-10-8-6-2/h33-38H,5-32H2,1-4H3/t33-,34-,35-,36-/m1/s1. The van der Waals surface area contributed by atoms with Crippen molar-refractivity contribution in [1.29, 1.82) is 0 Å². The van der Waals surface area contributed by atoms with E-state index < -0.39 is 24.4 Å². The highest BCUT2D eigenvalue weighted by molar-refractivity contribution is 4.82. The van der Waals surface area contributed by atoms with E-state index >= 15 is 0 Å². The van der Waals surface area contributed by atoms with E-state index in [0.717, 1.165) is 12.8 Å². The number of hydrogen-bond acceptors (Lipinski definition) is 6. The van der Waals surface area contributed by atoms with Crippen LogP contribution in [0.5, 0.6) is 0 Å². The number of aliphatic hydroxyl groups excluding tert-OH is 2. The largest absolute Gasteiger partial charge is 0.388 e. The second kappa shape index (κ2) is 33.6. The maximum atomic E-state index is 10.7. The summed E-state index contributed by atoms with van der Waals surface area (Å²) in [7, 11) is 3.08. The van der Waals surface area contributed by atoms with Gasteiger partial charge in [0, 0.05) is 27.4 Å². The first-order valence-electron chi connectivity index (χ1n) is 18.2. The Bertz CT molecular complexity index is 461. The van der Waals surface area contributed by atoms with Crippen molar-refractivity contribution in [2.24, 2.45) is 0 Å². The Kier molecular flexibility index (Phi) is 33.5. The normalized spacial score (nSPS) is 14.7. The second-order valence-electron chi connectivity index (χ2n) is 12.5. The molecule has 0 bridgehead atoms. The molecule has 0 aliphatic rings. The Morgan fingerprint density at radius 3 is 0.857 bits per heavy atom. The quantitative estimate of drug-likeness (QED) is 0.0704. The Balaban J connectivity index is 3.79. The SMILES string of the molecule is CCCCCCCCCCCCCCOC[C@@H](OC)[C@@H](O)[C@H](O)[C@@H](COCCCCCCCCCCCCCC)OC. The van der Waals surface area contributed by atoms with Crippen LogP contribution in [-0.2, 0) is 18.9 Å². The average molecular weight is 603 g/mol. The Labute approximate surface area is 262 Å². The molecule has 0 aromatic rings. The van der Waals surface area contributed by atoms with Crippen LogP contribution >= 0.6 is 0 Å². The molecule has 254 valence electrons. The first-order chi connectivity index (χ1) is 20.6. The Morgan fingerprint density at radius 2 is 0.619 bits per heavy atom. The molecule has 0 radical (unpaired) electrons. The van der Waals surface area contributed by atoms with Crippen LogP contribution in [0, 0.1) is 0 Å². The number of ether oxygens (including phenoxy) is 4. The van der Waals surface area contributed by atoms with Gasteiger partial charge in [-0.2, -0.15) is 0 Å². The molecule has 0 heterocycles. The molecule has 0 aromatic heterocycles. The topological polar surface area (TPSA) is 77.4 Å². The number of aliphatic hydroxyl groups is 2. The van der Waals surface area contributed by atoms with E-state index in [1.54, 1.807) is 14.2 Å². The van der Waals surface area contributed by atoms with Gasteiger partial charge in [-0.3, -0.25) is 0 Å². The molecular formula is C36H74O6. The third-order valence-corrected chi connectivity index (χ3v) is 8.57. The number of methoxy groups -OCH3 is 2. The summed E-state index contributed by atoms with van der Waals surface area (Å²) < 4.78 is 22.4. The zero-order chi connectivity index (χ0) is 30.9. The molecule has 0 aliphatic heterocycles. The molecule has 2 N–H and O–H groups in total. The zero-order valence-corrected chi connectivity index (χ0v) is 28.6. The van der Waals surface area contributed by atoms with Crippen LogP contribution in [0.15, 0.2) is 0 Å². The predicted molar refractivity (Wildman–Crippen MR) is 177 cm³/mol. The first kappa shape index (κ1) is 41.8. The molecule has 4 atom stereocenters. The van der Waals surface area contributed by atoms with Gasteiger partial charge in [0.05, 0.1) is 13.2 Å². The summed E-state index contributed by atoms with van der Waals surface area (Å²) in [6.45, 7) is 6.34. The first-order valence-corrected chi connectivity index (χ1v) is 18.2. The van der Waals surface area contributed by atoms with E-state index in [1.165, 1.54) is 141 Å². The van der Waals surface area contributed by atoms with Crippen LogP contribution in [0.2, 0.25) is 0 Å². The molecule has 42 heavy (non-hydrogen) atoms. The van der Waals surface area contributed by atoms with Crippen molar-refractivity contribution in [3.8, 4) is 0 Å². The van der Waals surface area contributed by atoms with Crippen molar-refractivity contribution < 1.29 is 29.2 Å². The Hall–Kier alpha value is -0.240. The van der Waals surface area contributed by atoms with Crippen molar-refractivity contribution in [3.63, 3.8) is 0 Å². The third-order valence-electron chi connectivity index (χ3n) is 8.57. The van der Waals surface area contributed by atoms with Gasteiger partial charge in [0.25, 0.3) is 0 Å². The fraction of sp³-hybridized carbons (Fsp3) is 1.00. The molecule has 0 rings (SSSR count). The highest BCUT2D eigenvalue weighted by Crippen LogP contribution is 2.15. The lowest BCUT2D eigenvalue weighted by atomic mass is 10.0. The molecule has 6 heteroatoms. The van der Waals surface area contributed by atoms with Crippen molar-refractivity contribution in [2.45, 2.75) is 192 Å². The van der Waals surface area contributed by atoms with Gasteiger partial charge in [0.1, 0.15) is 24.4 Å². The van der Waals surface area contributed by atoms with Gasteiger partial charge < -0.3 is 29.2 Å². The molecule has 0 aliphatic carbocycles. The monoisotopic (exact) mass is 603 g/mol. The average Bonchev–Trinajstić information content (AvgIpc) is 3.00. The van der Waals surface area contributed by atoms with E-state index in [2.05, 4.69) is 13.8 Å². The van der Waals surface area contributed by atoms with Crippen LogP contribution in [-0.4, -0.2) is 75.3 Å². The van der Waals surface area contributed by atoms with E-state index in [9.17, 15) is 10.2 Å². The lowest BCUT2D eigenvalue weighted by Crippen LogP contribution is -2.49. The van der Waals surface area contributed by atoms with Crippen molar-refractivity contribution in [1.82, 2.24) is 0 Å². The van der Waals surface area contributed by atoms with Gasteiger partial charge in [-0.15, -0.1) is 0 Å². The molecule has 0 aromatic carbocycles.